The number of rotatable bonds is 5. The summed E-state index contributed by atoms with van der Waals surface area (Å²) in [6.45, 7) is 1.22. The van der Waals surface area contributed by atoms with Crippen molar-refractivity contribution < 1.29 is 9.90 Å². The van der Waals surface area contributed by atoms with Crippen LogP contribution in [0.25, 0.3) is 0 Å². The first kappa shape index (κ1) is 12.8. The van der Waals surface area contributed by atoms with Crippen LogP contribution in [0.1, 0.15) is 10.5 Å². The maximum absolute atomic E-state index is 10.6. The molecule has 0 amide bonds. The van der Waals surface area contributed by atoms with Crippen LogP contribution in [-0.4, -0.2) is 32.6 Å². The average Bonchev–Trinajstić information content (AvgIpc) is 2.80. The Morgan fingerprint density at radius 3 is 2.89 bits per heavy atom. The van der Waals surface area contributed by atoms with Crippen molar-refractivity contribution in [2.45, 2.75) is 6.54 Å². The molecule has 94 valence electrons. The van der Waals surface area contributed by atoms with Gasteiger partial charge in [-0.25, -0.2) is 9.48 Å². The third kappa shape index (κ3) is 3.19. The molecule has 0 saturated carbocycles. The third-order valence-corrected chi connectivity index (χ3v) is 3.23. The van der Waals surface area contributed by atoms with Crippen LogP contribution in [0.2, 0.25) is 0 Å². The van der Waals surface area contributed by atoms with Crippen LogP contribution in [0.3, 0.4) is 0 Å². The topological polar surface area (TPSA) is 80.0 Å². The number of aromatic nitrogens is 3. The second-order valence-corrected chi connectivity index (χ2v) is 4.74. The number of hydrogen-bond acceptors (Lipinski definition) is 4. The molecule has 1 aromatic carbocycles. The molecule has 0 saturated heterocycles. The van der Waals surface area contributed by atoms with Crippen LogP contribution in [0.5, 0.6) is 0 Å². The van der Waals surface area contributed by atoms with Crippen LogP contribution in [0.15, 0.2) is 30.5 Å². The number of nitrogens with zero attached hydrogens (tertiary/aromatic N) is 3. The Morgan fingerprint density at radius 2 is 2.22 bits per heavy atom. The minimum Gasteiger partial charge on any atom is -0.476 e. The van der Waals surface area contributed by atoms with Crippen LogP contribution >= 0.6 is 22.6 Å². The summed E-state index contributed by atoms with van der Waals surface area (Å²) in [6, 6.07) is 7.94. The van der Waals surface area contributed by atoms with Gasteiger partial charge >= 0.3 is 5.97 Å². The van der Waals surface area contributed by atoms with E-state index in [0.717, 1.165) is 9.26 Å². The zero-order valence-corrected chi connectivity index (χ0v) is 11.5. The van der Waals surface area contributed by atoms with Crippen LogP contribution < -0.4 is 5.32 Å². The molecule has 0 aliphatic heterocycles. The molecule has 18 heavy (non-hydrogen) atoms. The van der Waals surface area contributed by atoms with Crippen molar-refractivity contribution in [3.63, 3.8) is 0 Å². The van der Waals surface area contributed by atoms with Crippen molar-refractivity contribution in [3.05, 3.63) is 39.7 Å². The van der Waals surface area contributed by atoms with E-state index in [1.807, 2.05) is 24.3 Å². The largest absolute Gasteiger partial charge is 0.476 e. The van der Waals surface area contributed by atoms with Gasteiger partial charge in [0, 0.05) is 15.8 Å². The van der Waals surface area contributed by atoms with Crippen molar-refractivity contribution in [2.24, 2.45) is 0 Å². The molecule has 2 N–H and O–H groups in total. The van der Waals surface area contributed by atoms with Gasteiger partial charge in [-0.2, -0.15) is 0 Å². The molecule has 2 aromatic rings. The van der Waals surface area contributed by atoms with E-state index < -0.39 is 5.97 Å². The summed E-state index contributed by atoms with van der Waals surface area (Å²) in [5, 5.41) is 19.2. The fraction of sp³-hybridized carbons (Fsp3) is 0.182. The van der Waals surface area contributed by atoms with E-state index in [-0.39, 0.29) is 5.69 Å². The summed E-state index contributed by atoms with van der Waals surface area (Å²) in [5.41, 5.74) is 1.01. The van der Waals surface area contributed by atoms with E-state index in [1.165, 1.54) is 10.9 Å². The van der Waals surface area contributed by atoms with E-state index >= 15 is 0 Å². The summed E-state index contributed by atoms with van der Waals surface area (Å²) in [7, 11) is 0. The van der Waals surface area contributed by atoms with Crippen molar-refractivity contribution in [1.82, 2.24) is 15.0 Å². The normalized spacial score (nSPS) is 10.3. The number of carboxylic acid groups (broad SMARTS) is 1. The highest BCUT2D eigenvalue weighted by molar-refractivity contribution is 14.1. The van der Waals surface area contributed by atoms with Gasteiger partial charge in [0.05, 0.1) is 12.7 Å². The number of halogens is 1. The molecule has 0 aliphatic carbocycles. The molecule has 0 bridgehead atoms. The smallest absolute Gasteiger partial charge is 0.358 e. The van der Waals surface area contributed by atoms with Gasteiger partial charge in [-0.3, -0.25) is 0 Å². The molecule has 0 radical (unpaired) electrons. The summed E-state index contributed by atoms with van der Waals surface area (Å²) in [5.74, 6) is -1.06. The van der Waals surface area contributed by atoms with E-state index in [0.29, 0.717) is 13.1 Å². The number of anilines is 1. The highest BCUT2D eigenvalue weighted by Gasteiger charge is 2.07. The Morgan fingerprint density at radius 1 is 1.44 bits per heavy atom. The maximum atomic E-state index is 10.6. The predicted molar refractivity (Wildman–Crippen MR) is 74.6 cm³/mol. The van der Waals surface area contributed by atoms with Gasteiger partial charge in [-0.05, 0) is 34.7 Å². The highest BCUT2D eigenvalue weighted by Crippen LogP contribution is 2.16. The molecule has 0 spiro atoms. The Kier molecular flexibility index (Phi) is 4.13. The van der Waals surface area contributed by atoms with Gasteiger partial charge in [-0.1, -0.05) is 17.3 Å². The molecule has 0 fully saturated rings. The molecule has 7 heteroatoms. The lowest BCUT2D eigenvalue weighted by atomic mass is 10.3. The molecular weight excluding hydrogens is 347 g/mol. The lowest BCUT2D eigenvalue weighted by Gasteiger charge is -2.07. The number of hydrogen-bond donors (Lipinski definition) is 2. The summed E-state index contributed by atoms with van der Waals surface area (Å²) < 4.78 is 2.65. The van der Waals surface area contributed by atoms with Gasteiger partial charge in [0.25, 0.3) is 0 Å². The summed E-state index contributed by atoms with van der Waals surface area (Å²) >= 11 is 2.25. The van der Waals surface area contributed by atoms with Crippen LogP contribution in [-0.2, 0) is 6.54 Å². The van der Waals surface area contributed by atoms with Gasteiger partial charge in [0.1, 0.15) is 0 Å². The second kappa shape index (κ2) is 5.80. The van der Waals surface area contributed by atoms with Gasteiger partial charge < -0.3 is 10.4 Å². The highest BCUT2D eigenvalue weighted by atomic mass is 127. The first-order chi connectivity index (χ1) is 8.66. The van der Waals surface area contributed by atoms with Gasteiger partial charge in [0.2, 0.25) is 0 Å². The molecular formula is C11H11IN4O2. The standard InChI is InChI=1S/C11H11IN4O2/c12-8-3-1-2-4-9(8)13-5-6-16-7-10(11(17)18)14-15-16/h1-4,7,13H,5-6H2,(H,17,18). The predicted octanol–water partition coefficient (Wildman–Crippen LogP) is 1.69. The molecule has 0 atom stereocenters. The number of benzene rings is 1. The van der Waals surface area contributed by atoms with Crippen LogP contribution in [0, 0.1) is 3.57 Å². The summed E-state index contributed by atoms with van der Waals surface area (Å²) in [6.07, 6.45) is 1.42. The molecule has 6 nitrogen and oxygen atoms in total. The fourth-order valence-electron chi connectivity index (χ4n) is 1.42. The van der Waals surface area contributed by atoms with Gasteiger partial charge in [0.15, 0.2) is 5.69 Å². The fourth-order valence-corrected chi connectivity index (χ4v) is 1.99. The van der Waals surface area contributed by atoms with E-state index in [9.17, 15) is 4.79 Å². The number of aromatic carboxylic acids is 1. The number of carbonyl (C=O) groups is 1. The van der Waals surface area contributed by atoms with Crippen LogP contribution in [0.4, 0.5) is 5.69 Å². The Balaban J connectivity index is 1.88. The molecule has 0 unspecified atom stereocenters. The molecule has 1 aromatic heterocycles. The van der Waals surface area contributed by atoms with Crippen molar-refractivity contribution in [1.29, 1.82) is 0 Å². The lowest BCUT2D eigenvalue weighted by molar-refractivity contribution is 0.0690. The number of carboxylic acids is 1. The second-order valence-electron chi connectivity index (χ2n) is 3.58. The molecule has 2 rings (SSSR count). The quantitative estimate of drug-likeness (QED) is 0.796. The lowest BCUT2D eigenvalue weighted by Crippen LogP contribution is -2.11. The maximum Gasteiger partial charge on any atom is 0.358 e. The Bertz CT molecular complexity index is 555. The molecule has 0 aliphatic rings. The first-order valence-electron chi connectivity index (χ1n) is 5.28. The third-order valence-electron chi connectivity index (χ3n) is 2.29. The van der Waals surface area contributed by atoms with Gasteiger partial charge in [-0.15, -0.1) is 5.10 Å². The Hall–Kier alpha value is -1.64. The zero-order valence-electron chi connectivity index (χ0n) is 9.38. The summed E-state index contributed by atoms with van der Waals surface area (Å²) in [4.78, 5) is 10.6. The minimum absolute atomic E-state index is 0.0377. The average molecular weight is 358 g/mol. The number of para-hydroxylation sites is 1. The zero-order chi connectivity index (χ0) is 13.0. The SMILES string of the molecule is O=C(O)c1cn(CCNc2ccccc2I)nn1. The van der Waals surface area contributed by atoms with E-state index in [2.05, 4.69) is 38.2 Å². The van der Waals surface area contributed by atoms with Crippen molar-refractivity contribution in [2.75, 3.05) is 11.9 Å². The molecule has 1 heterocycles. The van der Waals surface area contributed by atoms with E-state index in [4.69, 9.17) is 5.11 Å². The number of nitrogens with one attached hydrogen (secondary N) is 1. The van der Waals surface area contributed by atoms with E-state index in [1.54, 1.807) is 0 Å². The monoisotopic (exact) mass is 358 g/mol. The minimum atomic E-state index is -1.06. The van der Waals surface area contributed by atoms with Crippen molar-refractivity contribution in [3.8, 4) is 0 Å². The van der Waals surface area contributed by atoms with Crippen molar-refractivity contribution >= 4 is 34.2 Å². The first-order valence-corrected chi connectivity index (χ1v) is 6.36. The Labute approximate surface area is 117 Å².